The van der Waals surface area contributed by atoms with Crippen LogP contribution in [0.5, 0.6) is 0 Å². The highest BCUT2D eigenvalue weighted by atomic mass is 15.1. The van der Waals surface area contributed by atoms with Crippen LogP contribution in [0.15, 0.2) is 237 Å². The normalized spacial score (nSPS) is 15.5. The molecule has 0 N–H and O–H groups in total. The Hall–Kier alpha value is -8.60. The zero-order valence-corrected chi connectivity index (χ0v) is 39.5. The Balaban J connectivity index is 0.868. The molecule has 70 heavy (non-hydrogen) atoms. The highest BCUT2D eigenvalue weighted by Gasteiger charge is 2.46. The first kappa shape index (κ1) is 40.5. The molecule has 0 spiro atoms. The quantitative estimate of drug-likeness (QED) is 0.156. The lowest BCUT2D eigenvalue weighted by molar-refractivity contribution is 0.425. The number of para-hydroxylation sites is 6. The number of anilines is 3. The highest BCUT2D eigenvalue weighted by molar-refractivity contribution is 6.11. The van der Waals surface area contributed by atoms with E-state index in [1.165, 1.54) is 87.8 Å². The fraction of sp³-hybridized carbons (Fsp3) is 0.0909. The van der Waals surface area contributed by atoms with E-state index in [0.29, 0.717) is 0 Å². The number of aromatic nitrogens is 3. The molecule has 14 rings (SSSR count). The molecule has 334 valence electrons. The molecule has 4 nitrogen and oxygen atoms in total. The van der Waals surface area contributed by atoms with Gasteiger partial charge in [0.15, 0.2) is 0 Å². The van der Waals surface area contributed by atoms with E-state index in [-0.39, 0.29) is 10.8 Å². The average molecular weight is 899 g/mol. The van der Waals surface area contributed by atoms with Crippen LogP contribution in [0, 0.1) is 0 Å². The van der Waals surface area contributed by atoms with Gasteiger partial charge in [0.2, 0.25) is 0 Å². The maximum Gasteiger partial charge on any atom is 0.0541 e. The molecule has 1 aliphatic carbocycles. The molecular formula is C66H50N4. The van der Waals surface area contributed by atoms with Gasteiger partial charge in [-0.05, 0) is 138 Å². The van der Waals surface area contributed by atoms with Crippen molar-refractivity contribution in [3.05, 3.63) is 253 Å². The Labute approximate surface area is 407 Å². The number of hydrogen-bond acceptors (Lipinski definition) is 1. The molecule has 1 aliphatic rings. The number of hydrogen-bond donors (Lipinski definition) is 0. The maximum absolute atomic E-state index is 2.47. The average Bonchev–Trinajstić information content (AvgIpc) is 4.10. The molecule has 0 radical (unpaired) electrons. The lowest BCUT2D eigenvalue weighted by atomic mass is 9.75. The van der Waals surface area contributed by atoms with Crippen molar-refractivity contribution in [2.45, 2.75) is 38.0 Å². The standard InChI is InChI=1S/C66H50N4/c1-65(2)43-66(3,57-41-40-50(42-58(57)65)70-63-26-14-8-20-55(63)56-21-9-15-27-64(56)70)44-28-30-45(31-29-44)67(46-32-36-48(37-33-46)68-59-22-10-4-16-51(59)52-17-5-11-23-60(52)68)47-34-38-49(39-35-47)69-61-24-12-6-18-53(61)54-19-7-13-25-62(54)69/h4-42H,43H2,1-3H3. The molecule has 3 heterocycles. The van der Waals surface area contributed by atoms with Crippen LogP contribution < -0.4 is 4.90 Å². The van der Waals surface area contributed by atoms with Crippen molar-refractivity contribution in [1.82, 2.24) is 13.7 Å². The summed E-state index contributed by atoms with van der Waals surface area (Å²) < 4.78 is 7.23. The predicted octanol–water partition coefficient (Wildman–Crippen LogP) is 17.4. The summed E-state index contributed by atoms with van der Waals surface area (Å²) in [5.74, 6) is 0. The molecule has 13 aromatic rings. The minimum Gasteiger partial charge on any atom is -0.311 e. The third kappa shape index (κ3) is 5.96. The second-order valence-electron chi connectivity index (χ2n) is 20.1. The number of fused-ring (bicyclic) bond motifs is 10. The van der Waals surface area contributed by atoms with Crippen LogP contribution in [0.2, 0.25) is 0 Å². The summed E-state index contributed by atoms with van der Waals surface area (Å²) >= 11 is 0. The summed E-state index contributed by atoms with van der Waals surface area (Å²) in [5, 5.41) is 7.62. The minimum absolute atomic E-state index is 0.0280. The van der Waals surface area contributed by atoms with Crippen molar-refractivity contribution in [2.24, 2.45) is 0 Å². The van der Waals surface area contributed by atoms with Crippen LogP contribution in [0.3, 0.4) is 0 Å². The van der Waals surface area contributed by atoms with Gasteiger partial charge in [-0.1, -0.05) is 148 Å². The van der Waals surface area contributed by atoms with E-state index in [0.717, 1.165) is 34.9 Å². The van der Waals surface area contributed by atoms with Gasteiger partial charge in [0.1, 0.15) is 0 Å². The second kappa shape index (κ2) is 15.2. The lowest BCUT2D eigenvalue weighted by Crippen LogP contribution is -2.23. The molecule has 0 amide bonds. The Morgan fingerprint density at radius 2 is 0.614 bits per heavy atom. The van der Waals surface area contributed by atoms with E-state index in [9.17, 15) is 0 Å². The SMILES string of the molecule is CC1(C)CC(C)(c2ccc(N(c3ccc(-n4c5ccccc5c5ccccc54)cc3)c3ccc(-n4c5ccccc5c5ccccc54)cc3)cc2)c2ccc(-n3c4ccccc4c4ccccc43)cc21. The zero-order valence-electron chi connectivity index (χ0n) is 39.5. The molecule has 4 heteroatoms. The van der Waals surface area contributed by atoms with Crippen molar-refractivity contribution >= 4 is 82.5 Å². The fourth-order valence-corrected chi connectivity index (χ4v) is 12.6. The largest absolute Gasteiger partial charge is 0.311 e. The third-order valence-corrected chi connectivity index (χ3v) is 15.6. The summed E-state index contributed by atoms with van der Waals surface area (Å²) in [7, 11) is 0. The number of benzene rings is 10. The molecule has 0 bridgehead atoms. The number of rotatable bonds is 7. The fourth-order valence-electron chi connectivity index (χ4n) is 12.6. The zero-order chi connectivity index (χ0) is 46.7. The monoisotopic (exact) mass is 898 g/mol. The second-order valence-corrected chi connectivity index (χ2v) is 20.1. The summed E-state index contributed by atoms with van der Waals surface area (Å²) in [5.41, 5.74) is 18.1. The summed E-state index contributed by atoms with van der Waals surface area (Å²) in [6.45, 7) is 7.30. The smallest absolute Gasteiger partial charge is 0.0541 e. The molecule has 0 fully saturated rings. The third-order valence-electron chi connectivity index (χ3n) is 15.6. The molecule has 0 saturated heterocycles. The Bertz CT molecular complexity index is 3870. The Morgan fingerprint density at radius 3 is 0.971 bits per heavy atom. The van der Waals surface area contributed by atoms with E-state index in [4.69, 9.17) is 0 Å². The summed E-state index contributed by atoms with van der Waals surface area (Å²) in [6.07, 6.45) is 1.02. The van der Waals surface area contributed by atoms with E-state index in [1.807, 2.05) is 0 Å². The molecule has 3 aromatic heterocycles. The molecule has 0 saturated carbocycles. The topological polar surface area (TPSA) is 18.0 Å². The predicted molar refractivity (Wildman–Crippen MR) is 295 cm³/mol. The van der Waals surface area contributed by atoms with Crippen LogP contribution in [0.25, 0.3) is 82.5 Å². The van der Waals surface area contributed by atoms with E-state index < -0.39 is 0 Å². The van der Waals surface area contributed by atoms with E-state index >= 15 is 0 Å². The van der Waals surface area contributed by atoms with Gasteiger partial charge in [-0.15, -0.1) is 0 Å². The Kier molecular flexibility index (Phi) is 8.79. The van der Waals surface area contributed by atoms with E-state index in [2.05, 4.69) is 276 Å². The molecule has 1 unspecified atom stereocenters. The van der Waals surface area contributed by atoms with Crippen LogP contribution >= 0.6 is 0 Å². The summed E-state index contributed by atoms with van der Waals surface area (Å²) in [6, 6.07) is 87.4. The number of nitrogens with zero attached hydrogens (tertiary/aromatic N) is 4. The van der Waals surface area contributed by atoms with Gasteiger partial charge in [0, 0.05) is 71.9 Å². The van der Waals surface area contributed by atoms with Gasteiger partial charge in [0.25, 0.3) is 0 Å². The van der Waals surface area contributed by atoms with Gasteiger partial charge in [0.05, 0.1) is 33.1 Å². The first-order chi connectivity index (χ1) is 34.3. The molecule has 10 aromatic carbocycles. The molecular weight excluding hydrogens is 849 g/mol. The van der Waals surface area contributed by atoms with Crippen molar-refractivity contribution in [2.75, 3.05) is 4.90 Å². The van der Waals surface area contributed by atoms with Gasteiger partial charge < -0.3 is 18.6 Å². The maximum atomic E-state index is 2.47. The van der Waals surface area contributed by atoms with Gasteiger partial charge >= 0.3 is 0 Å². The van der Waals surface area contributed by atoms with Crippen molar-refractivity contribution < 1.29 is 0 Å². The van der Waals surface area contributed by atoms with Gasteiger partial charge in [-0.3, -0.25) is 0 Å². The van der Waals surface area contributed by atoms with Gasteiger partial charge in [-0.25, -0.2) is 0 Å². The molecule has 0 aliphatic heterocycles. The van der Waals surface area contributed by atoms with Crippen molar-refractivity contribution in [3.63, 3.8) is 0 Å². The van der Waals surface area contributed by atoms with Gasteiger partial charge in [-0.2, -0.15) is 0 Å². The first-order valence-corrected chi connectivity index (χ1v) is 24.6. The first-order valence-electron chi connectivity index (χ1n) is 24.6. The van der Waals surface area contributed by atoms with Crippen LogP contribution in [-0.2, 0) is 10.8 Å². The molecule has 1 atom stereocenters. The van der Waals surface area contributed by atoms with Crippen LogP contribution in [0.4, 0.5) is 17.1 Å². The minimum atomic E-state index is -0.171. The van der Waals surface area contributed by atoms with Crippen LogP contribution in [0.1, 0.15) is 43.9 Å². The lowest BCUT2D eigenvalue weighted by Gasteiger charge is -2.30. The highest BCUT2D eigenvalue weighted by Crippen LogP contribution is 2.54. The van der Waals surface area contributed by atoms with Crippen molar-refractivity contribution in [1.29, 1.82) is 0 Å². The van der Waals surface area contributed by atoms with Crippen molar-refractivity contribution in [3.8, 4) is 17.1 Å². The summed E-state index contributed by atoms with van der Waals surface area (Å²) in [4.78, 5) is 2.40. The van der Waals surface area contributed by atoms with Crippen LogP contribution in [-0.4, -0.2) is 13.7 Å². The Morgan fingerprint density at radius 1 is 0.314 bits per heavy atom. The van der Waals surface area contributed by atoms with E-state index in [1.54, 1.807) is 0 Å².